The van der Waals surface area contributed by atoms with Gasteiger partial charge in [-0.2, -0.15) is 0 Å². The highest BCUT2D eigenvalue weighted by molar-refractivity contribution is 6.24. The number of benzene rings is 3. The van der Waals surface area contributed by atoms with Gasteiger partial charge in [-0.05, 0) is 47.4 Å². The summed E-state index contributed by atoms with van der Waals surface area (Å²) in [6.45, 7) is 2.95. The zero-order chi connectivity index (χ0) is 24.2. The lowest BCUT2D eigenvalue weighted by Crippen LogP contribution is -2.26. The van der Waals surface area contributed by atoms with Crippen molar-refractivity contribution in [3.05, 3.63) is 107 Å². The van der Waals surface area contributed by atoms with E-state index in [0.29, 0.717) is 17.0 Å². The molecule has 0 fully saturated rings. The minimum atomic E-state index is -0.584. The summed E-state index contributed by atoms with van der Waals surface area (Å²) in [4.78, 5) is 32.5. The molecule has 0 spiro atoms. The lowest BCUT2D eigenvalue weighted by molar-refractivity contribution is -0.115. The van der Waals surface area contributed by atoms with Gasteiger partial charge in [-0.3, -0.25) is 14.7 Å². The highest BCUT2D eigenvalue weighted by Crippen LogP contribution is 2.37. The standard InChI is InChI=1S/C29H27N3O3/c1-35-29(34)22-12-15-24-25(18-22)31-28(33)26(24)27(21-8-4-2-5-9-21)30-23-13-10-20(11-14-23)19-32-16-6-3-7-17-32/h2-6,8-15,18,26H,7,16-17,19H2,1H3,(H,31,33). The van der Waals surface area contributed by atoms with Crippen LogP contribution in [0.15, 0.2) is 89.9 Å². The number of rotatable bonds is 6. The van der Waals surface area contributed by atoms with Crippen LogP contribution in [0.2, 0.25) is 0 Å². The Kier molecular flexibility index (Phi) is 6.55. The molecule has 0 radical (unpaired) electrons. The first-order valence-corrected chi connectivity index (χ1v) is 11.8. The average molecular weight is 466 g/mol. The molecule has 0 saturated carbocycles. The molecule has 5 rings (SSSR count). The number of carbonyl (C=O) groups excluding carboxylic acids is 2. The van der Waals surface area contributed by atoms with Crippen molar-refractivity contribution in [3.8, 4) is 0 Å². The molecule has 2 aliphatic rings. The second-order valence-electron chi connectivity index (χ2n) is 8.74. The lowest BCUT2D eigenvalue weighted by Gasteiger charge is -2.22. The maximum Gasteiger partial charge on any atom is 0.337 e. The number of methoxy groups -OCH3 is 1. The third-order valence-corrected chi connectivity index (χ3v) is 6.38. The molecule has 3 aromatic rings. The van der Waals surface area contributed by atoms with Crippen molar-refractivity contribution in [3.63, 3.8) is 0 Å². The van der Waals surface area contributed by atoms with Crippen molar-refractivity contribution in [2.24, 2.45) is 4.99 Å². The summed E-state index contributed by atoms with van der Waals surface area (Å²) < 4.78 is 4.82. The van der Waals surface area contributed by atoms with Crippen LogP contribution in [0.5, 0.6) is 0 Å². The maximum absolute atomic E-state index is 13.1. The van der Waals surface area contributed by atoms with Gasteiger partial charge >= 0.3 is 5.97 Å². The number of aliphatic imine (C=N–C) groups is 1. The molecule has 1 N–H and O–H groups in total. The van der Waals surface area contributed by atoms with Crippen LogP contribution in [-0.2, 0) is 16.1 Å². The van der Waals surface area contributed by atoms with Crippen LogP contribution >= 0.6 is 0 Å². The average Bonchev–Trinajstić information content (AvgIpc) is 3.23. The van der Waals surface area contributed by atoms with E-state index in [-0.39, 0.29) is 5.91 Å². The molecule has 0 bridgehead atoms. The van der Waals surface area contributed by atoms with Gasteiger partial charge in [-0.25, -0.2) is 4.79 Å². The van der Waals surface area contributed by atoms with E-state index in [4.69, 9.17) is 9.73 Å². The molecule has 1 amide bonds. The minimum absolute atomic E-state index is 0.167. The van der Waals surface area contributed by atoms with Gasteiger partial charge in [0.2, 0.25) is 5.91 Å². The van der Waals surface area contributed by atoms with Gasteiger partial charge in [0, 0.05) is 25.3 Å². The van der Waals surface area contributed by atoms with Crippen molar-refractivity contribution in [1.29, 1.82) is 0 Å². The summed E-state index contributed by atoms with van der Waals surface area (Å²) >= 11 is 0. The van der Waals surface area contributed by atoms with Gasteiger partial charge < -0.3 is 10.1 Å². The van der Waals surface area contributed by atoms with Crippen LogP contribution in [0.3, 0.4) is 0 Å². The van der Waals surface area contributed by atoms with Crippen molar-refractivity contribution in [2.45, 2.75) is 18.9 Å². The number of hydrogen-bond donors (Lipinski definition) is 1. The van der Waals surface area contributed by atoms with Crippen molar-refractivity contribution >= 4 is 29.0 Å². The molecule has 3 aromatic carbocycles. The van der Waals surface area contributed by atoms with E-state index in [9.17, 15) is 9.59 Å². The highest BCUT2D eigenvalue weighted by atomic mass is 16.5. The third-order valence-electron chi connectivity index (χ3n) is 6.38. The Morgan fingerprint density at radius 2 is 1.83 bits per heavy atom. The number of esters is 1. The Morgan fingerprint density at radius 3 is 2.54 bits per heavy atom. The normalized spacial score (nSPS) is 17.7. The predicted octanol–water partition coefficient (Wildman–Crippen LogP) is 5.09. The largest absolute Gasteiger partial charge is 0.465 e. The molecule has 2 aliphatic heterocycles. The van der Waals surface area contributed by atoms with Gasteiger partial charge in [0.15, 0.2) is 0 Å². The van der Waals surface area contributed by atoms with Crippen LogP contribution in [-0.4, -0.2) is 42.7 Å². The van der Waals surface area contributed by atoms with E-state index in [2.05, 4.69) is 34.5 Å². The number of nitrogens with one attached hydrogen (secondary N) is 1. The van der Waals surface area contributed by atoms with Crippen LogP contribution in [0.1, 0.15) is 39.4 Å². The van der Waals surface area contributed by atoms with Crippen molar-refractivity contribution in [1.82, 2.24) is 4.90 Å². The number of hydrogen-bond acceptors (Lipinski definition) is 5. The number of ether oxygens (including phenoxy) is 1. The zero-order valence-electron chi connectivity index (χ0n) is 19.6. The molecule has 6 nitrogen and oxygen atoms in total. The van der Waals surface area contributed by atoms with Crippen LogP contribution in [0.25, 0.3) is 0 Å². The lowest BCUT2D eigenvalue weighted by atomic mass is 9.90. The molecule has 2 heterocycles. The molecule has 0 aromatic heterocycles. The number of nitrogens with zero attached hydrogens (tertiary/aromatic N) is 2. The van der Waals surface area contributed by atoms with E-state index in [1.807, 2.05) is 42.5 Å². The first kappa shape index (κ1) is 22.7. The Balaban J connectivity index is 1.48. The monoisotopic (exact) mass is 465 g/mol. The van der Waals surface area contributed by atoms with E-state index >= 15 is 0 Å². The molecule has 1 unspecified atom stereocenters. The summed E-state index contributed by atoms with van der Waals surface area (Å²) in [6, 6.07) is 23.1. The van der Waals surface area contributed by atoms with Crippen LogP contribution in [0.4, 0.5) is 11.4 Å². The zero-order valence-corrected chi connectivity index (χ0v) is 19.6. The Labute approximate surface area is 205 Å². The first-order chi connectivity index (χ1) is 17.1. The van der Waals surface area contributed by atoms with Gasteiger partial charge in [0.25, 0.3) is 0 Å². The molecule has 1 atom stereocenters. The number of carbonyl (C=O) groups is 2. The molecular formula is C29H27N3O3. The van der Waals surface area contributed by atoms with Gasteiger partial charge in [-0.15, -0.1) is 0 Å². The minimum Gasteiger partial charge on any atom is -0.465 e. The molecule has 176 valence electrons. The maximum atomic E-state index is 13.1. The number of amides is 1. The molecule has 6 heteroatoms. The fourth-order valence-corrected chi connectivity index (χ4v) is 4.59. The Morgan fingerprint density at radius 1 is 1.03 bits per heavy atom. The summed E-state index contributed by atoms with van der Waals surface area (Å²) in [5.74, 6) is -1.19. The summed E-state index contributed by atoms with van der Waals surface area (Å²) in [7, 11) is 1.34. The van der Waals surface area contributed by atoms with E-state index < -0.39 is 11.9 Å². The van der Waals surface area contributed by atoms with E-state index in [1.54, 1.807) is 18.2 Å². The Hall–Kier alpha value is -4.03. The van der Waals surface area contributed by atoms with E-state index in [1.165, 1.54) is 12.7 Å². The summed E-state index contributed by atoms with van der Waals surface area (Å²) in [5.41, 5.74) is 5.37. The molecule has 0 saturated heterocycles. The van der Waals surface area contributed by atoms with E-state index in [0.717, 1.165) is 42.9 Å². The second kappa shape index (κ2) is 10.1. The summed E-state index contributed by atoms with van der Waals surface area (Å²) in [5, 5.41) is 2.92. The molecule has 0 aliphatic carbocycles. The van der Waals surface area contributed by atoms with Gasteiger partial charge in [-0.1, -0.05) is 60.7 Å². The highest BCUT2D eigenvalue weighted by Gasteiger charge is 2.36. The number of anilines is 1. The fraction of sp³-hybridized carbons (Fsp3) is 0.207. The van der Waals surface area contributed by atoms with Crippen molar-refractivity contribution < 1.29 is 14.3 Å². The SMILES string of the molecule is COC(=O)c1ccc2c(c1)NC(=O)C2C(=Nc1ccc(CN2CC=CCC2)cc1)c1ccccc1. The molecular weight excluding hydrogens is 438 g/mol. The number of fused-ring (bicyclic) bond motifs is 1. The molecule has 35 heavy (non-hydrogen) atoms. The quantitative estimate of drug-likeness (QED) is 0.313. The first-order valence-electron chi connectivity index (χ1n) is 11.8. The predicted molar refractivity (Wildman–Crippen MR) is 137 cm³/mol. The smallest absolute Gasteiger partial charge is 0.337 e. The van der Waals surface area contributed by atoms with Crippen LogP contribution < -0.4 is 5.32 Å². The van der Waals surface area contributed by atoms with Crippen LogP contribution in [0, 0.1) is 0 Å². The second-order valence-corrected chi connectivity index (χ2v) is 8.74. The Bertz CT molecular complexity index is 1300. The topological polar surface area (TPSA) is 71.0 Å². The van der Waals surface area contributed by atoms with Crippen molar-refractivity contribution in [2.75, 3.05) is 25.5 Å². The van der Waals surface area contributed by atoms with Gasteiger partial charge in [0.05, 0.1) is 24.1 Å². The fourth-order valence-electron chi connectivity index (χ4n) is 4.59. The summed E-state index contributed by atoms with van der Waals surface area (Å²) in [6.07, 6.45) is 5.54. The van der Waals surface area contributed by atoms with Gasteiger partial charge in [0.1, 0.15) is 5.92 Å². The third kappa shape index (κ3) is 4.93.